The second-order valence-corrected chi connectivity index (χ2v) is 7.66. The Hall–Kier alpha value is -4.79. The molecule has 9 nitrogen and oxygen atoms in total. The summed E-state index contributed by atoms with van der Waals surface area (Å²) in [5.74, 6) is 0.0939. The van der Waals surface area contributed by atoms with Gasteiger partial charge in [0.2, 0.25) is 5.95 Å². The zero-order valence-electron chi connectivity index (χ0n) is 18.2. The van der Waals surface area contributed by atoms with Crippen molar-refractivity contribution in [2.24, 2.45) is 0 Å². The lowest BCUT2D eigenvalue weighted by molar-refractivity contribution is -0.113. The number of carbonyl (C=O) groups is 2. The van der Waals surface area contributed by atoms with Crippen molar-refractivity contribution in [1.29, 1.82) is 0 Å². The fourth-order valence-electron chi connectivity index (χ4n) is 3.79. The Labute approximate surface area is 195 Å². The van der Waals surface area contributed by atoms with E-state index in [4.69, 9.17) is 4.74 Å². The number of fused-ring (bicyclic) bond motifs is 1. The molecule has 0 bridgehead atoms. The van der Waals surface area contributed by atoms with Crippen LogP contribution in [0.3, 0.4) is 0 Å². The lowest BCUT2D eigenvalue weighted by atomic mass is 9.95. The van der Waals surface area contributed by atoms with E-state index in [-0.39, 0.29) is 5.91 Å². The highest BCUT2D eigenvalue weighted by Gasteiger charge is 2.34. The van der Waals surface area contributed by atoms with Crippen LogP contribution in [-0.2, 0) is 4.79 Å². The van der Waals surface area contributed by atoms with Crippen molar-refractivity contribution in [3.8, 4) is 5.75 Å². The molecule has 9 heteroatoms. The minimum Gasteiger partial charge on any atom is -0.423 e. The van der Waals surface area contributed by atoms with Crippen molar-refractivity contribution in [3.63, 3.8) is 0 Å². The molecule has 0 unspecified atom stereocenters. The number of aromatic nitrogens is 4. The predicted octanol–water partition coefficient (Wildman–Crippen LogP) is 3.82. The average Bonchev–Trinajstić information content (AvgIpc) is 3.33. The van der Waals surface area contributed by atoms with Crippen molar-refractivity contribution in [3.05, 3.63) is 107 Å². The molecule has 1 aromatic heterocycles. The molecule has 0 radical (unpaired) electrons. The molecular formula is C25H20N6O3. The molecule has 34 heavy (non-hydrogen) atoms. The van der Waals surface area contributed by atoms with Crippen LogP contribution in [0.1, 0.15) is 28.9 Å². The molecule has 0 saturated carbocycles. The van der Waals surface area contributed by atoms with Gasteiger partial charge in [-0.15, -0.1) is 0 Å². The summed E-state index contributed by atoms with van der Waals surface area (Å²) in [7, 11) is 0. The van der Waals surface area contributed by atoms with Crippen LogP contribution in [0.25, 0.3) is 0 Å². The number of carbonyl (C=O) groups excluding carboxylic acids is 2. The molecule has 0 spiro atoms. The zero-order chi connectivity index (χ0) is 23.5. The Morgan fingerprint density at radius 2 is 1.62 bits per heavy atom. The quantitative estimate of drug-likeness (QED) is 0.350. The first-order valence-corrected chi connectivity index (χ1v) is 10.6. The van der Waals surface area contributed by atoms with E-state index >= 15 is 0 Å². The van der Waals surface area contributed by atoms with Crippen molar-refractivity contribution in [2.45, 2.75) is 13.0 Å². The number of ether oxygens (including phenoxy) is 1. The number of para-hydroxylation sites is 1. The number of hydrogen-bond acceptors (Lipinski definition) is 7. The molecule has 1 aliphatic heterocycles. The lowest BCUT2D eigenvalue weighted by Gasteiger charge is -2.28. The minimum absolute atomic E-state index is 0.276. The van der Waals surface area contributed by atoms with Crippen LogP contribution in [0.4, 0.5) is 11.6 Å². The third-order valence-corrected chi connectivity index (χ3v) is 5.41. The van der Waals surface area contributed by atoms with Gasteiger partial charge in [-0.1, -0.05) is 53.6 Å². The van der Waals surface area contributed by atoms with Crippen LogP contribution >= 0.6 is 0 Å². The van der Waals surface area contributed by atoms with E-state index < -0.39 is 12.0 Å². The van der Waals surface area contributed by atoms with E-state index in [0.717, 1.165) is 5.56 Å². The number of nitrogens with zero attached hydrogens (tertiary/aromatic N) is 4. The van der Waals surface area contributed by atoms with Crippen LogP contribution < -0.4 is 15.4 Å². The van der Waals surface area contributed by atoms with E-state index in [1.165, 1.54) is 0 Å². The summed E-state index contributed by atoms with van der Waals surface area (Å²) in [5, 5.41) is 17.9. The molecule has 0 saturated heterocycles. The molecule has 3 aromatic carbocycles. The van der Waals surface area contributed by atoms with Gasteiger partial charge in [-0.05, 0) is 59.3 Å². The summed E-state index contributed by atoms with van der Waals surface area (Å²) in [4.78, 5) is 25.7. The van der Waals surface area contributed by atoms with Gasteiger partial charge >= 0.3 is 5.97 Å². The Balaban J connectivity index is 1.44. The van der Waals surface area contributed by atoms with Gasteiger partial charge in [-0.3, -0.25) is 4.79 Å². The molecule has 1 amide bonds. The van der Waals surface area contributed by atoms with Crippen LogP contribution in [-0.4, -0.2) is 32.1 Å². The molecule has 168 valence electrons. The molecule has 2 N–H and O–H groups in total. The van der Waals surface area contributed by atoms with Gasteiger partial charge in [0.1, 0.15) is 11.8 Å². The van der Waals surface area contributed by atoms with Crippen molar-refractivity contribution in [1.82, 2.24) is 20.2 Å². The van der Waals surface area contributed by atoms with Gasteiger partial charge in [0, 0.05) is 11.4 Å². The molecule has 0 aliphatic carbocycles. The van der Waals surface area contributed by atoms with Gasteiger partial charge in [0.05, 0.1) is 11.1 Å². The maximum Gasteiger partial charge on any atom is 0.343 e. The van der Waals surface area contributed by atoms with Crippen LogP contribution in [0.2, 0.25) is 0 Å². The normalized spacial score (nSPS) is 14.7. The van der Waals surface area contributed by atoms with E-state index in [0.29, 0.717) is 34.2 Å². The summed E-state index contributed by atoms with van der Waals surface area (Å²) in [5.41, 5.74) is 3.00. The number of nitrogens with one attached hydrogen (secondary N) is 2. The van der Waals surface area contributed by atoms with Gasteiger partial charge < -0.3 is 15.4 Å². The average molecular weight is 452 g/mol. The molecule has 1 atom stereocenters. The molecule has 2 heterocycles. The Morgan fingerprint density at radius 3 is 2.32 bits per heavy atom. The number of allylic oxidation sites excluding steroid dienone is 1. The standard InChI is InChI=1S/C25H20N6O3/c1-16-21(23(32)27-19-10-6-3-7-11-19)22(31-25(26-16)28-29-30-31)17-12-14-20(15-13-17)34-24(33)18-8-4-2-5-9-18/h2-15,22H,1H3,(H,27,32)(H,26,28,30)/t22-/m1/s1. The number of rotatable bonds is 5. The largest absolute Gasteiger partial charge is 0.423 e. The summed E-state index contributed by atoms with van der Waals surface area (Å²) in [6, 6.07) is 24.4. The van der Waals surface area contributed by atoms with E-state index in [9.17, 15) is 9.59 Å². The number of anilines is 2. The topological polar surface area (TPSA) is 111 Å². The SMILES string of the molecule is CC1=C(C(=O)Nc2ccccc2)[C@@H](c2ccc(OC(=O)c3ccccc3)cc2)n2nnnc2N1. The van der Waals surface area contributed by atoms with Crippen LogP contribution in [0.5, 0.6) is 5.75 Å². The first kappa shape index (κ1) is 21.1. The molecular weight excluding hydrogens is 432 g/mol. The van der Waals surface area contributed by atoms with E-state index in [1.54, 1.807) is 60.1 Å². The Kier molecular flexibility index (Phi) is 5.57. The van der Waals surface area contributed by atoms with E-state index in [2.05, 4.69) is 26.2 Å². The number of hydrogen-bond donors (Lipinski definition) is 2. The van der Waals surface area contributed by atoms with Crippen LogP contribution in [0.15, 0.2) is 96.2 Å². The van der Waals surface area contributed by atoms with Crippen molar-refractivity contribution in [2.75, 3.05) is 10.6 Å². The third-order valence-electron chi connectivity index (χ3n) is 5.41. The lowest BCUT2D eigenvalue weighted by Crippen LogP contribution is -2.31. The van der Waals surface area contributed by atoms with Gasteiger partial charge in [0.25, 0.3) is 5.91 Å². The maximum absolute atomic E-state index is 13.3. The highest BCUT2D eigenvalue weighted by molar-refractivity contribution is 6.06. The number of tetrazole rings is 1. The number of esters is 1. The first-order valence-electron chi connectivity index (χ1n) is 10.6. The molecule has 4 aromatic rings. The minimum atomic E-state index is -0.575. The van der Waals surface area contributed by atoms with Crippen molar-refractivity contribution < 1.29 is 14.3 Å². The van der Waals surface area contributed by atoms with Gasteiger partial charge in [0.15, 0.2) is 0 Å². The maximum atomic E-state index is 13.3. The van der Waals surface area contributed by atoms with E-state index in [1.807, 2.05) is 36.4 Å². The zero-order valence-corrected chi connectivity index (χ0v) is 18.2. The smallest absolute Gasteiger partial charge is 0.343 e. The summed E-state index contributed by atoms with van der Waals surface area (Å²) in [6.45, 7) is 1.81. The summed E-state index contributed by atoms with van der Waals surface area (Å²) < 4.78 is 7.04. The summed E-state index contributed by atoms with van der Waals surface area (Å²) >= 11 is 0. The van der Waals surface area contributed by atoms with Gasteiger partial charge in [-0.25, -0.2) is 4.79 Å². The number of benzene rings is 3. The second-order valence-electron chi connectivity index (χ2n) is 7.66. The highest BCUT2D eigenvalue weighted by Crippen LogP contribution is 2.35. The molecule has 5 rings (SSSR count). The fourth-order valence-corrected chi connectivity index (χ4v) is 3.79. The summed E-state index contributed by atoms with van der Waals surface area (Å²) in [6.07, 6.45) is 0. The van der Waals surface area contributed by atoms with Crippen molar-refractivity contribution >= 4 is 23.5 Å². The van der Waals surface area contributed by atoms with Crippen LogP contribution in [0, 0.1) is 0 Å². The van der Waals surface area contributed by atoms with Gasteiger partial charge in [-0.2, -0.15) is 4.68 Å². The molecule has 0 fully saturated rings. The monoisotopic (exact) mass is 452 g/mol. The third kappa shape index (κ3) is 4.14. The number of amides is 1. The fraction of sp³-hybridized carbons (Fsp3) is 0.0800. The Bertz CT molecular complexity index is 1360. The first-order chi connectivity index (χ1) is 16.6. The second kappa shape index (κ2) is 8.99. The highest BCUT2D eigenvalue weighted by atomic mass is 16.5. The molecule has 1 aliphatic rings. The Morgan fingerprint density at radius 1 is 0.941 bits per heavy atom. The predicted molar refractivity (Wildman–Crippen MR) is 125 cm³/mol.